The van der Waals surface area contributed by atoms with Gasteiger partial charge in [-0.1, -0.05) is 12.1 Å². The number of imidazole rings is 1. The molecule has 0 saturated carbocycles. The average Bonchev–Trinajstić information content (AvgIpc) is 2.99. The van der Waals surface area contributed by atoms with Gasteiger partial charge in [0.1, 0.15) is 11.9 Å². The minimum atomic E-state index is -1.63. The van der Waals surface area contributed by atoms with Crippen LogP contribution in [0.5, 0.6) is 5.75 Å². The molecule has 23 heavy (non-hydrogen) atoms. The fourth-order valence-corrected chi connectivity index (χ4v) is 1.31. The fourth-order valence-electron chi connectivity index (χ4n) is 1.31. The molecule has 1 heterocycles. The number of aliphatic hydroxyl groups is 1. The summed E-state index contributed by atoms with van der Waals surface area (Å²) in [4.78, 5) is 26.5. The Morgan fingerprint density at radius 3 is 2.26 bits per heavy atom. The fraction of sp³-hybridized carbons (Fsp3) is 0.0714. The third-order valence-corrected chi connectivity index (χ3v) is 2.34. The van der Waals surface area contributed by atoms with Gasteiger partial charge in [0.2, 0.25) is 0 Å². The van der Waals surface area contributed by atoms with Gasteiger partial charge in [-0.05, 0) is 29.8 Å². The molecular formula is C14H12MnN2O6. The van der Waals surface area contributed by atoms with Gasteiger partial charge in [-0.25, -0.2) is 4.98 Å². The van der Waals surface area contributed by atoms with Crippen LogP contribution in [0.4, 0.5) is 0 Å². The molecule has 1 radical (unpaired) electrons. The molecule has 0 amide bonds. The standard InChI is InChI=1S/C8H8O4.C6H6N2O2.Mn/c9-6-3-1-5(2-4-6)7(10)8(11)12;9-6(10)2-1-5-3-7-4-8-5;/h1-4,7,9-10H,(H,11,12);1-4H,(H,7,8)(H,9,10);/q;;+2/p-2. The summed E-state index contributed by atoms with van der Waals surface area (Å²) in [6.07, 6.45) is 3.70. The number of hydrogen-bond donors (Lipinski definition) is 3. The minimum absolute atomic E-state index is 0. The number of aromatic nitrogens is 2. The van der Waals surface area contributed by atoms with Gasteiger partial charge in [-0.2, -0.15) is 0 Å². The van der Waals surface area contributed by atoms with Crippen LogP contribution in [-0.2, 0) is 26.7 Å². The van der Waals surface area contributed by atoms with E-state index in [4.69, 9.17) is 10.2 Å². The Bertz CT molecular complexity index is 640. The Morgan fingerprint density at radius 2 is 1.83 bits per heavy atom. The molecule has 0 aliphatic carbocycles. The van der Waals surface area contributed by atoms with Crippen molar-refractivity contribution in [1.29, 1.82) is 0 Å². The number of carbonyl (C=O) groups excluding carboxylic acids is 2. The smallest absolute Gasteiger partial charge is 0.547 e. The van der Waals surface area contributed by atoms with Gasteiger partial charge in [0, 0.05) is 6.20 Å². The molecule has 2 rings (SSSR count). The van der Waals surface area contributed by atoms with E-state index in [-0.39, 0.29) is 28.4 Å². The molecule has 0 spiro atoms. The topological polar surface area (TPSA) is 149 Å². The molecule has 0 aliphatic heterocycles. The molecule has 1 aromatic carbocycles. The molecule has 9 heteroatoms. The van der Waals surface area contributed by atoms with Gasteiger partial charge in [-0.15, -0.1) is 0 Å². The Balaban J connectivity index is 0.000000409. The van der Waals surface area contributed by atoms with Gasteiger partial charge in [0.15, 0.2) is 0 Å². The zero-order valence-electron chi connectivity index (χ0n) is 11.5. The van der Waals surface area contributed by atoms with Crippen molar-refractivity contribution in [1.82, 2.24) is 9.97 Å². The van der Waals surface area contributed by atoms with Crippen LogP contribution >= 0.6 is 0 Å². The molecular weight excluding hydrogens is 347 g/mol. The maximum Gasteiger partial charge on any atom is 2.00 e. The Labute approximate surface area is 141 Å². The number of nitrogens with one attached hydrogen (secondary N) is 1. The molecule has 1 atom stereocenters. The second kappa shape index (κ2) is 10.2. The number of aromatic amines is 1. The monoisotopic (exact) mass is 359 g/mol. The molecule has 8 nitrogen and oxygen atoms in total. The minimum Gasteiger partial charge on any atom is -0.547 e. The van der Waals surface area contributed by atoms with Crippen LogP contribution in [0.3, 0.4) is 0 Å². The number of aliphatic hydroxyl groups excluding tert-OH is 1. The third-order valence-electron chi connectivity index (χ3n) is 2.34. The number of carboxylic acids is 2. The number of hydrogen-bond acceptors (Lipinski definition) is 7. The first-order valence-corrected chi connectivity index (χ1v) is 5.96. The number of carbonyl (C=O) groups is 2. The van der Waals surface area contributed by atoms with Crippen molar-refractivity contribution < 1.29 is 47.1 Å². The third kappa shape index (κ3) is 7.82. The second-order valence-electron chi connectivity index (χ2n) is 3.96. The first-order chi connectivity index (χ1) is 10.4. The van der Waals surface area contributed by atoms with Crippen LogP contribution in [0, 0.1) is 0 Å². The largest absolute Gasteiger partial charge is 2.00 e. The van der Waals surface area contributed by atoms with E-state index in [0.717, 1.165) is 6.08 Å². The molecule has 0 fully saturated rings. The van der Waals surface area contributed by atoms with E-state index in [9.17, 15) is 19.8 Å². The number of phenolic OH excluding ortho intramolecular Hbond substituents is 1. The van der Waals surface area contributed by atoms with Crippen LogP contribution in [-0.4, -0.2) is 32.1 Å². The van der Waals surface area contributed by atoms with E-state index in [1.165, 1.54) is 36.7 Å². The first-order valence-electron chi connectivity index (χ1n) is 5.96. The predicted octanol–water partition coefficient (Wildman–Crippen LogP) is -1.65. The number of aromatic hydroxyl groups is 1. The molecule has 3 N–H and O–H groups in total. The normalized spacial score (nSPS) is 11.0. The Hall–Kier alpha value is -2.61. The number of rotatable bonds is 4. The number of phenols is 1. The maximum absolute atomic E-state index is 10.2. The van der Waals surface area contributed by atoms with E-state index in [2.05, 4.69) is 9.97 Å². The zero-order chi connectivity index (χ0) is 16.5. The number of nitrogens with zero attached hydrogens (tertiary/aromatic N) is 1. The summed E-state index contributed by atoms with van der Waals surface area (Å²) in [5.41, 5.74) is 0.761. The molecule has 0 bridgehead atoms. The average molecular weight is 359 g/mol. The quantitative estimate of drug-likeness (QED) is 0.437. The van der Waals surface area contributed by atoms with Crippen LogP contribution in [0.25, 0.3) is 6.08 Å². The summed E-state index contributed by atoms with van der Waals surface area (Å²) in [5.74, 6) is -2.76. The second-order valence-corrected chi connectivity index (χ2v) is 3.96. The summed E-state index contributed by atoms with van der Waals surface area (Å²) in [6, 6.07) is 5.22. The number of benzene rings is 1. The van der Waals surface area contributed by atoms with E-state index in [1.54, 1.807) is 6.20 Å². The van der Waals surface area contributed by atoms with Crippen LogP contribution in [0.2, 0.25) is 0 Å². The zero-order valence-corrected chi connectivity index (χ0v) is 12.7. The molecule has 0 saturated heterocycles. The summed E-state index contributed by atoms with van der Waals surface area (Å²) in [7, 11) is 0. The van der Waals surface area contributed by atoms with Gasteiger partial charge in [0.05, 0.1) is 24.0 Å². The molecule has 1 unspecified atom stereocenters. The van der Waals surface area contributed by atoms with Crippen molar-refractivity contribution in [3.05, 3.63) is 54.1 Å². The first kappa shape index (κ1) is 20.4. The summed E-state index contributed by atoms with van der Waals surface area (Å²) >= 11 is 0. The van der Waals surface area contributed by atoms with Crippen LogP contribution in [0.1, 0.15) is 17.4 Å². The van der Waals surface area contributed by atoms with Gasteiger partial charge >= 0.3 is 17.1 Å². The van der Waals surface area contributed by atoms with Gasteiger partial charge < -0.3 is 35.0 Å². The van der Waals surface area contributed by atoms with E-state index in [0.29, 0.717) is 5.69 Å². The Kier molecular flexibility index (Phi) is 9.02. The van der Waals surface area contributed by atoms with Crippen LogP contribution in [0.15, 0.2) is 42.9 Å². The molecule has 0 aliphatic rings. The van der Waals surface area contributed by atoms with E-state index < -0.39 is 18.0 Å². The van der Waals surface area contributed by atoms with Gasteiger partial charge in [0.25, 0.3) is 0 Å². The SMILES string of the molecule is O=C([O-])C(O)c1ccc(O)cc1.O=C([O-])C=Cc1c[nH]cn1.[Mn+2]. The number of aliphatic carboxylic acids is 2. The van der Waals surface area contributed by atoms with Crippen LogP contribution < -0.4 is 10.2 Å². The predicted molar refractivity (Wildman–Crippen MR) is 70.7 cm³/mol. The summed E-state index contributed by atoms with van der Waals surface area (Å²) in [5, 5.41) is 37.8. The van der Waals surface area contributed by atoms with Crippen molar-refractivity contribution in [2.75, 3.05) is 0 Å². The maximum atomic E-state index is 10.2. The van der Waals surface area contributed by atoms with Crippen molar-refractivity contribution in [2.24, 2.45) is 0 Å². The number of H-pyrrole nitrogens is 1. The summed E-state index contributed by atoms with van der Waals surface area (Å²) in [6.45, 7) is 0. The summed E-state index contributed by atoms with van der Waals surface area (Å²) < 4.78 is 0. The van der Waals surface area contributed by atoms with E-state index >= 15 is 0 Å². The molecule has 121 valence electrons. The van der Waals surface area contributed by atoms with E-state index in [1.807, 2.05) is 0 Å². The van der Waals surface area contributed by atoms with Crippen molar-refractivity contribution in [3.63, 3.8) is 0 Å². The molecule has 2 aromatic rings. The van der Waals surface area contributed by atoms with Crippen molar-refractivity contribution in [2.45, 2.75) is 6.10 Å². The Morgan fingerprint density at radius 1 is 1.22 bits per heavy atom. The van der Waals surface area contributed by atoms with Gasteiger partial charge in [-0.3, -0.25) is 0 Å². The number of carboxylic acid groups (broad SMARTS) is 2. The van der Waals surface area contributed by atoms with Crippen molar-refractivity contribution in [3.8, 4) is 5.75 Å². The van der Waals surface area contributed by atoms with Crippen molar-refractivity contribution >= 4 is 18.0 Å². The molecule has 1 aromatic heterocycles.